The summed E-state index contributed by atoms with van der Waals surface area (Å²) in [5.41, 5.74) is 96.6. The molecule has 46 heteroatoms. The van der Waals surface area contributed by atoms with Gasteiger partial charge >= 0.3 is 0 Å². The zero-order valence-electron chi connectivity index (χ0n) is 60.9. The van der Waals surface area contributed by atoms with Crippen LogP contribution in [0.3, 0.4) is 0 Å². The Labute approximate surface area is 625 Å². The van der Waals surface area contributed by atoms with E-state index in [0.717, 1.165) is 0 Å². The zero-order chi connectivity index (χ0) is 80.4. The predicted octanol–water partition coefficient (Wildman–Crippen LogP) is -21.0. The van der Waals surface area contributed by atoms with Crippen LogP contribution in [0.4, 0.5) is 0 Å². The van der Waals surface area contributed by atoms with Gasteiger partial charge in [0.25, 0.3) is 0 Å². The molecule has 0 spiro atoms. The first-order valence-electron chi connectivity index (χ1n) is 36.6. The quantitative estimate of drug-likeness (QED) is 0.0297. The van der Waals surface area contributed by atoms with Gasteiger partial charge in [-0.2, -0.15) is 0 Å². The van der Waals surface area contributed by atoms with Crippen LogP contribution >= 0.6 is 0 Å². The second kappa shape index (κ2) is 42.3. The maximum atomic E-state index is 10.9. The lowest BCUT2D eigenvalue weighted by Crippen LogP contribution is -2.68. The largest absolute Gasteiger partial charge is 0.389 e. The van der Waals surface area contributed by atoms with E-state index in [0.29, 0.717) is 0 Å². The lowest BCUT2D eigenvalue weighted by Gasteiger charge is -2.47. The highest BCUT2D eigenvalue weighted by Crippen LogP contribution is 2.34. The van der Waals surface area contributed by atoms with Crippen molar-refractivity contribution in [3.63, 3.8) is 0 Å². The van der Waals surface area contributed by atoms with E-state index < -0.39 is 269 Å². The van der Waals surface area contributed by atoms with Crippen LogP contribution in [0, 0.1) is 0 Å². The number of hydrogen-bond acceptors (Lipinski definition) is 46. The van der Waals surface area contributed by atoms with Crippen molar-refractivity contribution in [3.8, 4) is 0 Å². The van der Waals surface area contributed by atoms with E-state index in [2.05, 4.69) is 0 Å². The first kappa shape index (κ1) is 93.3. The molecule has 4 aliphatic carbocycles. The molecule has 0 aromatic carbocycles. The number of rotatable bonds is 32. The Morgan fingerprint density at radius 1 is 0.278 bits per heavy atom. The number of nitrogens with two attached hydrogens (primary N) is 16. The van der Waals surface area contributed by atoms with Gasteiger partial charge in [-0.25, -0.2) is 0 Å². The first-order chi connectivity index (χ1) is 50.8. The van der Waals surface area contributed by atoms with Crippen molar-refractivity contribution in [2.45, 2.75) is 294 Å². The summed E-state index contributed by atoms with van der Waals surface area (Å²) in [6.45, 7) is -1.81. The topological polar surface area (TPSA) is 857 Å². The van der Waals surface area contributed by atoms with E-state index in [-0.39, 0.29) is 104 Å². The average Bonchev–Trinajstić information content (AvgIpc) is 0.799. The maximum Gasteiger partial charge on any atom is 0.176 e. The molecule has 40 unspecified atom stereocenters. The molecule has 44 atom stereocenters. The molecular weight excluding hydrogens is 1440 g/mol. The summed E-state index contributed by atoms with van der Waals surface area (Å²) in [6, 6.07) is -10.9. The lowest BCUT2D eigenvalue weighted by atomic mass is 9.84. The van der Waals surface area contributed by atoms with Gasteiger partial charge < -0.3 is 240 Å². The number of nitrogens with zero attached hydrogens (tertiary/aromatic N) is 2. The van der Waals surface area contributed by atoms with Gasteiger partial charge in [0.1, 0.15) is 122 Å². The molecule has 4 saturated heterocycles. The SMILES string of the molecule is CN(C[C@@H](O)COC1C(O)C(N)CC(N)C1OC1OC(CN)C(O)C(O)C1N)C[C@@H](O)COC1C(O)C(N)CC(N)C1OC1OC(CN)C(O)C(O)C1N.CN(C[C@H](O)COC1C(O)C(N)CC(N)C1OC1OC(CN)C(O)C(O)C1N)C[C@H](O)COC1C(O)C(N)CC(N)C1OC1OC(CN)C(O)C(O)C1N. The summed E-state index contributed by atoms with van der Waals surface area (Å²) in [5.74, 6) is 0. The molecule has 8 rings (SSSR count). The fourth-order valence-corrected chi connectivity index (χ4v) is 15.0. The van der Waals surface area contributed by atoms with Crippen molar-refractivity contribution in [1.29, 1.82) is 0 Å². The second-order valence-corrected chi connectivity index (χ2v) is 30.2. The minimum absolute atomic E-state index is 0.0106. The van der Waals surface area contributed by atoms with Crippen molar-refractivity contribution in [1.82, 2.24) is 9.80 Å². The Balaban J connectivity index is 0.000000301. The van der Waals surface area contributed by atoms with Gasteiger partial charge in [0.2, 0.25) is 0 Å². The molecule has 4 saturated carbocycles. The summed E-state index contributed by atoms with van der Waals surface area (Å²) >= 11 is 0. The van der Waals surface area contributed by atoms with E-state index in [1.54, 1.807) is 23.9 Å². The monoisotopic (exact) mass is 1570 g/mol. The third kappa shape index (κ3) is 23.3. The van der Waals surface area contributed by atoms with Gasteiger partial charge in [0.15, 0.2) is 25.2 Å². The third-order valence-corrected chi connectivity index (χ3v) is 21.4. The molecule has 8 aliphatic rings. The van der Waals surface area contributed by atoms with Crippen LogP contribution in [-0.2, 0) is 56.8 Å². The number of aliphatic hydroxyl groups is 16. The molecule has 108 heavy (non-hydrogen) atoms. The lowest BCUT2D eigenvalue weighted by molar-refractivity contribution is -0.292. The Kier molecular flexibility index (Phi) is 36.6. The first-order valence-corrected chi connectivity index (χ1v) is 36.6. The normalized spacial score (nSPS) is 47.4. The second-order valence-electron chi connectivity index (χ2n) is 30.2. The molecule has 636 valence electrons. The Bertz CT molecular complexity index is 2260. The molecular formula is C62H130N18O28. The number of aliphatic hydroxyl groups excluding tert-OH is 16. The van der Waals surface area contributed by atoms with Crippen molar-refractivity contribution in [2.24, 2.45) is 91.7 Å². The van der Waals surface area contributed by atoms with Crippen LogP contribution in [-0.4, -0.2) is 453 Å². The fourth-order valence-electron chi connectivity index (χ4n) is 15.0. The van der Waals surface area contributed by atoms with Crippen LogP contribution < -0.4 is 91.7 Å². The highest BCUT2D eigenvalue weighted by atomic mass is 16.7. The molecule has 0 amide bonds. The van der Waals surface area contributed by atoms with Crippen molar-refractivity contribution in [2.75, 3.05) is 92.9 Å². The van der Waals surface area contributed by atoms with Gasteiger partial charge in [-0.3, -0.25) is 0 Å². The number of likely N-dealkylation sites (N-methyl/N-ethyl adjacent to an activating group) is 2. The van der Waals surface area contributed by atoms with E-state index in [1.165, 1.54) is 0 Å². The van der Waals surface area contributed by atoms with Crippen LogP contribution in [0.2, 0.25) is 0 Å². The highest BCUT2D eigenvalue weighted by Gasteiger charge is 2.55. The molecule has 0 radical (unpaired) electrons. The van der Waals surface area contributed by atoms with Crippen molar-refractivity contribution < 1.29 is 139 Å². The Morgan fingerprint density at radius 2 is 0.454 bits per heavy atom. The summed E-state index contributed by atoms with van der Waals surface area (Å²) in [4.78, 5) is 3.19. The van der Waals surface area contributed by atoms with Crippen LogP contribution in [0.25, 0.3) is 0 Å². The molecule has 46 nitrogen and oxygen atoms in total. The van der Waals surface area contributed by atoms with E-state index >= 15 is 0 Å². The van der Waals surface area contributed by atoms with Crippen LogP contribution in [0.5, 0.6) is 0 Å². The molecule has 0 aromatic rings. The standard InChI is InChI=1S/2C31H65N9O14/c2*1-40(6-10(41)8-49-28-20(43)12(34)2-14(36)26(28)53-30-18(38)24(47)22(45)16(4-32)51-30)7-11(42)9-50-29-21(44)13(35)3-15(37)27(29)54-31-19(39)25(48)23(46)17(5-33)52-31/h2*10-31,41-48H,2-9,32-39H2,1H3/t2*10-,11-,12?,13?,14?,15?,16?,17?,18?,19?,20?,21?,22?,23?,24?,25?,26?,27?,28?,29?,30?,31?/m10/s1. The van der Waals surface area contributed by atoms with Gasteiger partial charge in [-0.15, -0.1) is 0 Å². The highest BCUT2D eigenvalue weighted by molar-refractivity contribution is 5.06. The molecule has 0 bridgehead atoms. The van der Waals surface area contributed by atoms with Crippen LogP contribution in [0.1, 0.15) is 25.7 Å². The van der Waals surface area contributed by atoms with E-state index in [9.17, 15) is 81.7 Å². The Morgan fingerprint density at radius 3 is 0.620 bits per heavy atom. The van der Waals surface area contributed by atoms with E-state index in [1.807, 2.05) is 0 Å². The van der Waals surface area contributed by atoms with Crippen LogP contribution in [0.15, 0.2) is 0 Å². The van der Waals surface area contributed by atoms with Crippen molar-refractivity contribution in [3.05, 3.63) is 0 Å². The molecule has 4 heterocycles. The summed E-state index contributed by atoms with van der Waals surface area (Å²) in [6.07, 6.45) is -37.7. The summed E-state index contributed by atoms with van der Waals surface area (Å²) in [5, 5.41) is 170. The zero-order valence-corrected chi connectivity index (χ0v) is 60.9. The van der Waals surface area contributed by atoms with Gasteiger partial charge in [-0.05, 0) is 39.8 Å². The molecule has 4 aliphatic heterocycles. The van der Waals surface area contributed by atoms with Crippen molar-refractivity contribution >= 4 is 0 Å². The minimum atomic E-state index is -1.41. The summed E-state index contributed by atoms with van der Waals surface area (Å²) < 4.78 is 70.4. The fraction of sp³-hybridized carbons (Fsp3) is 1.00. The minimum Gasteiger partial charge on any atom is -0.389 e. The van der Waals surface area contributed by atoms with E-state index in [4.69, 9.17) is 149 Å². The summed E-state index contributed by atoms with van der Waals surface area (Å²) in [7, 11) is 3.25. The van der Waals surface area contributed by atoms with Gasteiger partial charge in [0, 0.05) is 101 Å². The molecule has 48 N–H and O–H groups in total. The predicted molar refractivity (Wildman–Crippen MR) is 375 cm³/mol. The molecule has 0 aromatic heterocycles. The average molecular weight is 1580 g/mol. The van der Waals surface area contributed by atoms with Gasteiger partial charge in [0.05, 0.1) is 99.4 Å². The number of ether oxygens (including phenoxy) is 12. The third-order valence-electron chi connectivity index (χ3n) is 21.4. The smallest absolute Gasteiger partial charge is 0.176 e. The van der Waals surface area contributed by atoms with Gasteiger partial charge in [-0.1, -0.05) is 0 Å². The maximum absolute atomic E-state index is 10.9. The number of hydrogen-bond donors (Lipinski definition) is 32. The Hall–Kier alpha value is -1.84. The molecule has 8 fully saturated rings.